The van der Waals surface area contributed by atoms with E-state index < -0.39 is 18.0 Å². The molecule has 112 valence electrons. The first-order chi connectivity index (χ1) is 9.54. The third-order valence-corrected chi connectivity index (χ3v) is 2.76. The molecule has 1 atom stereocenters. The van der Waals surface area contributed by atoms with Gasteiger partial charge in [-0.25, -0.2) is 14.6 Å². The number of hydrogen-bond donors (Lipinski definition) is 3. The van der Waals surface area contributed by atoms with Crippen molar-refractivity contribution in [3.8, 4) is 0 Å². The van der Waals surface area contributed by atoms with Gasteiger partial charge in [0.2, 0.25) is 0 Å². The number of nitrogens with zero attached hydrogens (tertiary/aromatic N) is 2. The number of hydrogen-bond acceptors (Lipinski definition) is 4. The fourth-order valence-electron chi connectivity index (χ4n) is 1.62. The lowest BCUT2D eigenvalue weighted by Crippen LogP contribution is -2.48. The minimum Gasteiger partial charge on any atom is -0.480 e. The Bertz CT molecular complexity index is 421. The highest BCUT2D eigenvalue weighted by atomic mass is 16.5. The van der Waals surface area contributed by atoms with Crippen molar-refractivity contribution in [1.29, 1.82) is 0 Å². The quantitative estimate of drug-likeness (QED) is 0.586. The molecule has 1 aromatic heterocycles. The first-order valence-corrected chi connectivity index (χ1v) is 6.25. The minimum absolute atomic E-state index is 0.160. The zero-order valence-electron chi connectivity index (χ0n) is 11.6. The number of amides is 2. The van der Waals surface area contributed by atoms with Crippen LogP contribution in [0.4, 0.5) is 4.79 Å². The molecule has 0 aliphatic rings. The zero-order valence-corrected chi connectivity index (χ0v) is 11.6. The normalized spacial score (nSPS) is 11.9. The van der Waals surface area contributed by atoms with E-state index in [0.717, 1.165) is 0 Å². The summed E-state index contributed by atoms with van der Waals surface area (Å²) in [6.07, 6.45) is 3.85. The van der Waals surface area contributed by atoms with Crippen LogP contribution < -0.4 is 5.32 Å². The number of rotatable bonds is 8. The van der Waals surface area contributed by atoms with Gasteiger partial charge in [-0.15, -0.1) is 0 Å². The monoisotopic (exact) mass is 284 g/mol. The lowest BCUT2D eigenvalue weighted by Gasteiger charge is -2.21. The molecular weight excluding hydrogens is 264 g/mol. The standard InChI is InChI=1S/C12H20N4O4/c1-16(4-3-5-20-2)12(19)15-10(11(17)18)6-9-7-13-8-14-9/h7-8,10H,3-6H2,1-2H3,(H,13,14)(H,15,19)(H,17,18)/t10-/m0/s1. The smallest absolute Gasteiger partial charge is 0.326 e. The average Bonchev–Trinajstić information content (AvgIpc) is 2.90. The van der Waals surface area contributed by atoms with Crippen LogP contribution in [0.2, 0.25) is 0 Å². The topological polar surface area (TPSA) is 108 Å². The number of H-pyrrole nitrogens is 1. The maximum Gasteiger partial charge on any atom is 0.326 e. The van der Waals surface area contributed by atoms with E-state index in [1.165, 1.54) is 17.4 Å². The average molecular weight is 284 g/mol. The van der Waals surface area contributed by atoms with Gasteiger partial charge in [-0.2, -0.15) is 0 Å². The Morgan fingerprint density at radius 1 is 1.60 bits per heavy atom. The second kappa shape index (κ2) is 8.16. The van der Waals surface area contributed by atoms with Crippen molar-refractivity contribution in [3.05, 3.63) is 18.2 Å². The van der Waals surface area contributed by atoms with Crippen molar-refractivity contribution in [2.45, 2.75) is 18.9 Å². The van der Waals surface area contributed by atoms with Gasteiger partial charge in [0.05, 0.1) is 6.33 Å². The number of carboxylic acid groups (broad SMARTS) is 1. The molecule has 20 heavy (non-hydrogen) atoms. The van der Waals surface area contributed by atoms with E-state index in [1.54, 1.807) is 14.2 Å². The molecule has 0 aliphatic heterocycles. The lowest BCUT2D eigenvalue weighted by atomic mass is 10.1. The van der Waals surface area contributed by atoms with Crippen molar-refractivity contribution in [2.75, 3.05) is 27.3 Å². The SMILES string of the molecule is COCCCN(C)C(=O)N[C@@H](Cc1cnc[nH]1)C(=O)O. The van der Waals surface area contributed by atoms with E-state index in [-0.39, 0.29) is 6.42 Å². The van der Waals surface area contributed by atoms with Crippen molar-refractivity contribution >= 4 is 12.0 Å². The van der Waals surface area contributed by atoms with Crippen LogP contribution in [0.15, 0.2) is 12.5 Å². The summed E-state index contributed by atoms with van der Waals surface area (Å²) in [6.45, 7) is 1.05. The molecule has 0 aliphatic carbocycles. The van der Waals surface area contributed by atoms with Gasteiger partial charge in [-0.1, -0.05) is 0 Å². The number of nitrogens with one attached hydrogen (secondary N) is 2. The summed E-state index contributed by atoms with van der Waals surface area (Å²) in [5.74, 6) is -1.08. The van der Waals surface area contributed by atoms with Crippen LogP contribution in [0.3, 0.4) is 0 Å². The second-order valence-corrected chi connectivity index (χ2v) is 4.39. The molecule has 8 heteroatoms. The molecule has 0 unspecified atom stereocenters. The largest absolute Gasteiger partial charge is 0.480 e. The van der Waals surface area contributed by atoms with E-state index in [0.29, 0.717) is 25.3 Å². The van der Waals surface area contributed by atoms with Crippen molar-refractivity contribution in [2.24, 2.45) is 0 Å². The number of aromatic amines is 1. The summed E-state index contributed by atoms with van der Waals surface area (Å²) in [4.78, 5) is 31.1. The number of aliphatic carboxylic acids is 1. The summed E-state index contributed by atoms with van der Waals surface area (Å²) in [7, 11) is 3.20. The highest BCUT2D eigenvalue weighted by molar-refractivity contribution is 5.82. The molecule has 0 radical (unpaired) electrons. The van der Waals surface area contributed by atoms with E-state index in [4.69, 9.17) is 9.84 Å². The van der Waals surface area contributed by atoms with Crippen molar-refractivity contribution < 1.29 is 19.4 Å². The molecule has 0 fully saturated rings. The number of ether oxygens (including phenoxy) is 1. The van der Waals surface area contributed by atoms with Crippen LogP contribution in [-0.4, -0.2) is 65.3 Å². The van der Waals surface area contributed by atoms with Gasteiger partial charge >= 0.3 is 12.0 Å². The highest BCUT2D eigenvalue weighted by Crippen LogP contribution is 2.00. The highest BCUT2D eigenvalue weighted by Gasteiger charge is 2.22. The van der Waals surface area contributed by atoms with E-state index in [9.17, 15) is 9.59 Å². The molecule has 0 aromatic carbocycles. The molecule has 0 bridgehead atoms. The van der Waals surface area contributed by atoms with Gasteiger partial charge in [0, 0.05) is 45.6 Å². The summed E-state index contributed by atoms with van der Waals surface area (Å²) in [5, 5.41) is 11.6. The predicted molar refractivity (Wildman–Crippen MR) is 71.4 cm³/mol. The van der Waals surface area contributed by atoms with Crippen LogP contribution in [0.1, 0.15) is 12.1 Å². The third-order valence-electron chi connectivity index (χ3n) is 2.76. The Hall–Kier alpha value is -2.09. The molecular formula is C12H20N4O4. The van der Waals surface area contributed by atoms with E-state index in [2.05, 4.69) is 15.3 Å². The number of urea groups is 1. The fraction of sp³-hybridized carbons (Fsp3) is 0.583. The van der Waals surface area contributed by atoms with Crippen LogP contribution >= 0.6 is 0 Å². The molecule has 8 nitrogen and oxygen atoms in total. The molecule has 1 rings (SSSR count). The molecule has 0 saturated heterocycles. The van der Waals surface area contributed by atoms with Crippen LogP contribution in [0, 0.1) is 0 Å². The molecule has 1 heterocycles. The van der Waals surface area contributed by atoms with E-state index >= 15 is 0 Å². The summed E-state index contributed by atoms with van der Waals surface area (Å²) in [6, 6.07) is -1.42. The Morgan fingerprint density at radius 2 is 2.35 bits per heavy atom. The maximum absolute atomic E-state index is 11.9. The first kappa shape index (κ1) is 16.0. The van der Waals surface area contributed by atoms with Gasteiger partial charge in [0.15, 0.2) is 0 Å². The number of carboxylic acids is 1. The summed E-state index contributed by atoms with van der Waals surface area (Å²) in [5.41, 5.74) is 0.653. The van der Waals surface area contributed by atoms with Gasteiger partial charge in [0.1, 0.15) is 6.04 Å². The number of carbonyl (C=O) groups is 2. The van der Waals surface area contributed by atoms with Gasteiger partial charge < -0.3 is 25.0 Å². The van der Waals surface area contributed by atoms with Crippen LogP contribution in [0.5, 0.6) is 0 Å². The third kappa shape index (κ3) is 5.27. The minimum atomic E-state index is -1.08. The number of aromatic nitrogens is 2. The molecule has 2 amide bonds. The van der Waals surface area contributed by atoms with Crippen LogP contribution in [0.25, 0.3) is 0 Å². The van der Waals surface area contributed by atoms with Crippen LogP contribution in [-0.2, 0) is 16.0 Å². The first-order valence-electron chi connectivity index (χ1n) is 6.25. The Balaban J connectivity index is 2.48. The Labute approximate surface area is 117 Å². The van der Waals surface area contributed by atoms with E-state index in [1.807, 2.05) is 0 Å². The van der Waals surface area contributed by atoms with Crippen molar-refractivity contribution in [3.63, 3.8) is 0 Å². The number of carbonyl (C=O) groups excluding carboxylic acids is 1. The van der Waals surface area contributed by atoms with Gasteiger partial charge in [-0.3, -0.25) is 0 Å². The summed E-state index contributed by atoms with van der Waals surface area (Å²) >= 11 is 0. The Morgan fingerprint density at radius 3 is 2.90 bits per heavy atom. The van der Waals surface area contributed by atoms with Gasteiger partial charge in [0.25, 0.3) is 0 Å². The molecule has 1 aromatic rings. The zero-order chi connectivity index (χ0) is 15.0. The fourth-order valence-corrected chi connectivity index (χ4v) is 1.62. The number of imidazole rings is 1. The second-order valence-electron chi connectivity index (χ2n) is 4.39. The maximum atomic E-state index is 11.9. The summed E-state index contributed by atoms with van der Waals surface area (Å²) < 4.78 is 4.90. The molecule has 0 saturated carbocycles. The Kier molecular flexibility index (Phi) is 6.51. The van der Waals surface area contributed by atoms with Crippen molar-refractivity contribution in [1.82, 2.24) is 20.2 Å². The number of methoxy groups -OCH3 is 1. The predicted octanol–water partition coefficient (Wildman–Crippen LogP) is 0.0833. The van der Waals surface area contributed by atoms with Gasteiger partial charge in [-0.05, 0) is 6.42 Å². The molecule has 3 N–H and O–H groups in total. The molecule has 0 spiro atoms. The lowest BCUT2D eigenvalue weighted by molar-refractivity contribution is -0.139.